The van der Waals surface area contributed by atoms with Gasteiger partial charge in [0.25, 0.3) is 0 Å². The van der Waals surface area contributed by atoms with E-state index in [4.69, 9.17) is 0 Å². The molecule has 0 radical (unpaired) electrons. The maximum Gasteiger partial charge on any atom is 0.233 e. The molecule has 0 unspecified atom stereocenters. The fraction of sp³-hybridized carbons (Fsp3) is 0.500. The van der Waals surface area contributed by atoms with Gasteiger partial charge in [0.1, 0.15) is 17.5 Å². The second-order valence-electron chi connectivity index (χ2n) is 7.48. The van der Waals surface area contributed by atoms with Crippen LogP contribution in [-0.4, -0.2) is 22.4 Å². The van der Waals surface area contributed by atoms with Gasteiger partial charge >= 0.3 is 0 Å². The number of nitrogens with one attached hydrogen (secondary N) is 1. The van der Waals surface area contributed by atoms with Crippen molar-refractivity contribution < 1.29 is 4.79 Å². The summed E-state index contributed by atoms with van der Waals surface area (Å²) in [4.78, 5) is 23.7. The Morgan fingerprint density at radius 3 is 2.18 bits per heavy atom. The maximum absolute atomic E-state index is 12.8. The summed E-state index contributed by atoms with van der Waals surface area (Å²) >= 11 is 3.52. The predicted molar refractivity (Wildman–Crippen MR) is 118 cm³/mol. The van der Waals surface area contributed by atoms with Crippen LogP contribution in [0.2, 0.25) is 0 Å². The van der Waals surface area contributed by atoms with Crippen LogP contribution < -0.4 is 10.2 Å². The number of rotatable bonds is 3. The van der Waals surface area contributed by atoms with E-state index in [-0.39, 0.29) is 5.91 Å². The molecule has 1 amide bonds. The van der Waals surface area contributed by atoms with E-state index in [0.29, 0.717) is 24.5 Å². The highest BCUT2D eigenvalue weighted by Gasteiger charge is 2.31. The van der Waals surface area contributed by atoms with Crippen LogP contribution in [-0.2, 0) is 11.2 Å². The molecule has 2 aliphatic rings. The second kappa shape index (κ2) is 9.03. The summed E-state index contributed by atoms with van der Waals surface area (Å²) in [6, 6.07) is 4.06. The average molecular weight is 445 g/mol. The molecule has 1 saturated carbocycles. The number of amides is 1. The van der Waals surface area contributed by atoms with Crippen molar-refractivity contribution in [1.82, 2.24) is 9.97 Å². The normalized spacial score (nSPS) is 15.3. The van der Waals surface area contributed by atoms with Crippen molar-refractivity contribution in [3.63, 3.8) is 0 Å². The van der Waals surface area contributed by atoms with E-state index in [1.807, 2.05) is 39.8 Å². The zero-order valence-electron chi connectivity index (χ0n) is 17.2. The number of fused-ring (bicyclic) bond motifs is 1. The van der Waals surface area contributed by atoms with Crippen molar-refractivity contribution >= 4 is 39.2 Å². The number of nitrogens with zero attached hydrogens (tertiary/aromatic N) is 3. The summed E-state index contributed by atoms with van der Waals surface area (Å²) in [5.41, 5.74) is 4.03. The zero-order valence-corrected chi connectivity index (χ0v) is 18.8. The SMILES string of the molecule is C1CCC1.CCNc1nc(C)nc2c1CCC(=O)N2c1c(C)cc(Br)cc1C. The Bertz CT molecular complexity index is 850. The summed E-state index contributed by atoms with van der Waals surface area (Å²) in [6.07, 6.45) is 7.13. The molecule has 28 heavy (non-hydrogen) atoms. The lowest BCUT2D eigenvalue weighted by molar-refractivity contribution is -0.118. The first kappa shape index (κ1) is 20.8. The number of hydrogen-bond acceptors (Lipinski definition) is 4. The summed E-state index contributed by atoms with van der Waals surface area (Å²) < 4.78 is 1.01. The number of benzene rings is 1. The second-order valence-corrected chi connectivity index (χ2v) is 8.40. The van der Waals surface area contributed by atoms with Gasteiger partial charge in [0.15, 0.2) is 0 Å². The van der Waals surface area contributed by atoms with Gasteiger partial charge in [-0.15, -0.1) is 0 Å². The first-order valence-corrected chi connectivity index (χ1v) is 10.9. The van der Waals surface area contributed by atoms with Crippen LogP contribution in [0.3, 0.4) is 0 Å². The Hall–Kier alpha value is -1.95. The summed E-state index contributed by atoms with van der Waals surface area (Å²) in [7, 11) is 0. The van der Waals surface area contributed by atoms with Gasteiger partial charge < -0.3 is 5.32 Å². The molecule has 1 aromatic heterocycles. The third-order valence-electron chi connectivity index (χ3n) is 5.17. The Kier molecular flexibility index (Phi) is 6.70. The van der Waals surface area contributed by atoms with Gasteiger partial charge in [0, 0.05) is 23.0 Å². The van der Waals surface area contributed by atoms with Crippen LogP contribution in [0.4, 0.5) is 17.3 Å². The van der Waals surface area contributed by atoms with E-state index in [0.717, 1.165) is 39.2 Å². The molecule has 5 nitrogen and oxygen atoms in total. The largest absolute Gasteiger partial charge is 0.370 e. The number of carbonyl (C=O) groups excluding carboxylic acids is 1. The number of aryl methyl sites for hydroxylation is 3. The maximum atomic E-state index is 12.8. The molecule has 0 bridgehead atoms. The molecule has 150 valence electrons. The van der Waals surface area contributed by atoms with Crippen LogP contribution in [0.1, 0.15) is 61.5 Å². The van der Waals surface area contributed by atoms with Crippen molar-refractivity contribution in [3.8, 4) is 0 Å². The third kappa shape index (κ3) is 4.37. The van der Waals surface area contributed by atoms with Crippen molar-refractivity contribution in [1.29, 1.82) is 0 Å². The zero-order chi connectivity index (χ0) is 20.3. The lowest BCUT2D eigenvalue weighted by atomic mass is 10.0. The fourth-order valence-corrected chi connectivity index (χ4v) is 4.19. The molecule has 0 spiro atoms. The van der Waals surface area contributed by atoms with Crippen molar-refractivity contribution in [2.75, 3.05) is 16.8 Å². The van der Waals surface area contributed by atoms with Crippen molar-refractivity contribution in [2.24, 2.45) is 0 Å². The number of hydrogen-bond donors (Lipinski definition) is 1. The van der Waals surface area contributed by atoms with Gasteiger partial charge in [0.05, 0.1) is 5.69 Å². The van der Waals surface area contributed by atoms with E-state index in [1.165, 1.54) is 25.7 Å². The molecule has 0 atom stereocenters. The van der Waals surface area contributed by atoms with E-state index in [2.05, 4.69) is 31.2 Å². The number of halogens is 1. The standard InChI is InChI=1S/C18H21BrN4O.C4H8/c1-5-20-17-14-6-7-15(24)23(18(14)22-12(4)21-17)16-10(2)8-13(19)9-11(16)3;1-2-4-3-1/h8-9H,5-7H2,1-4H3,(H,20,21,22);1-4H2. The van der Waals surface area contributed by atoms with Crippen LogP contribution in [0.25, 0.3) is 0 Å². The fourth-order valence-electron chi connectivity index (χ4n) is 3.51. The van der Waals surface area contributed by atoms with E-state index in [1.54, 1.807) is 4.90 Å². The monoisotopic (exact) mass is 444 g/mol. The average Bonchev–Trinajstić information content (AvgIpc) is 2.54. The number of aromatic nitrogens is 2. The Morgan fingerprint density at radius 2 is 1.64 bits per heavy atom. The quantitative estimate of drug-likeness (QED) is 0.652. The van der Waals surface area contributed by atoms with Crippen molar-refractivity contribution in [2.45, 2.75) is 66.2 Å². The predicted octanol–water partition coefficient (Wildman–Crippen LogP) is 5.77. The summed E-state index contributed by atoms with van der Waals surface area (Å²) in [5, 5.41) is 3.31. The summed E-state index contributed by atoms with van der Waals surface area (Å²) in [6.45, 7) is 8.73. The Balaban J connectivity index is 0.000000500. The molecule has 4 rings (SSSR count). The highest BCUT2D eigenvalue weighted by Crippen LogP contribution is 2.39. The molecular formula is C22H29BrN4O. The first-order valence-electron chi connectivity index (χ1n) is 10.1. The Labute approximate surface area is 176 Å². The van der Waals surface area contributed by atoms with Crippen molar-refractivity contribution in [3.05, 3.63) is 39.1 Å². The minimum absolute atomic E-state index is 0.0802. The van der Waals surface area contributed by atoms with Gasteiger partial charge in [-0.2, -0.15) is 0 Å². The molecule has 1 aliphatic heterocycles. The molecular weight excluding hydrogens is 416 g/mol. The first-order chi connectivity index (χ1) is 13.4. The number of carbonyl (C=O) groups is 1. The van der Waals surface area contributed by atoms with E-state index < -0.39 is 0 Å². The molecule has 1 aliphatic carbocycles. The highest BCUT2D eigenvalue weighted by molar-refractivity contribution is 9.10. The Morgan fingerprint density at radius 1 is 1.04 bits per heavy atom. The lowest BCUT2D eigenvalue weighted by Crippen LogP contribution is -2.34. The van der Waals surface area contributed by atoms with E-state index >= 15 is 0 Å². The highest BCUT2D eigenvalue weighted by atomic mass is 79.9. The summed E-state index contributed by atoms with van der Waals surface area (Å²) in [5.74, 6) is 2.29. The minimum Gasteiger partial charge on any atom is -0.370 e. The molecule has 0 saturated heterocycles. The van der Waals surface area contributed by atoms with Crippen LogP contribution in [0.15, 0.2) is 16.6 Å². The minimum atomic E-state index is 0.0802. The van der Waals surface area contributed by atoms with Crippen LogP contribution >= 0.6 is 15.9 Å². The molecule has 1 aromatic carbocycles. The molecule has 2 heterocycles. The molecule has 2 aromatic rings. The van der Waals surface area contributed by atoms with Gasteiger partial charge in [-0.1, -0.05) is 41.6 Å². The van der Waals surface area contributed by atoms with E-state index in [9.17, 15) is 4.79 Å². The smallest absolute Gasteiger partial charge is 0.233 e. The third-order valence-corrected chi connectivity index (χ3v) is 5.63. The molecule has 1 fully saturated rings. The van der Waals surface area contributed by atoms with Gasteiger partial charge in [-0.05, 0) is 57.4 Å². The molecule has 1 N–H and O–H groups in total. The van der Waals surface area contributed by atoms with Crippen LogP contribution in [0, 0.1) is 20.8 Å². The van der Waals surface area contributed by atoms with Gasteiger partial charge in [0.2, 0.25) is 5.91 Å². The van der Waals surface area contributed by atoms with Gasteiger partial charge in [-0.25, -0.2) is 9.97 Å². The topological polar surface area (TPSA) is 58.1 Å². The number of anilines is 3. The lowest BCUT2D eigenvalue weighted by Gasteiger charge is -2.31. The molecule has 6 heteroatoms. The van der Waals surface area contributed by atoms with Crippen LogP contribution in [0.5, 0.6) is 0 Å². The van der Waals surface area contributed by atoms with Gasteiger partial charge in [-0.3, -0.25) is 9.69 Å².